The molecule has 5 aromatic rings. The summed E-state index contributed by atoms with van der Waals surface area (Å²) in [6.07, 6.45) is 0. The van der Waals surface area contributed by atoms with Crippen molar-refractivity contribution >= 4 is 53.8 Å². The van der Waals surface area contributed by atoms with Gasteiger partial charge in [-0.2, -0.15) is 0 Å². The van der Waals surface area contributed by atoms with Crippen LogP contribution in [0, 0.1) is 6.92 Å². The first kappa shape index (κ1) is 31.4. The summed E-state index contributed by atoms with van der Waals surface area (Å²) in [7, 11) is -5.35. The summed E-state index contributed by atoms with van der Waals surface area (Å²) < 4.78 is 68.4. The molecule has 0 aliphatic heterocycles. The number of hydrogen-bond donors (Lipinski definition) is 2. The fourth-order valence-corrected chi connectivity index (χ4v) is 7.20. The number of anilines is 3. The maximum atomic E-state index is 13.9. The number of aryl methyl sites for hydroxylation is 1. The molecule has 10 nitrogen and oxygen atoms in total. The quantitative estimate of drug-likeness (QED) is 0.186. The Morgan fingerprint density at radius 2 is 1.42 bits per heavy atom. The highest BCUT2D eigenvalue weighted by Gasteiger charge is 2.30. The van der Waals surface area contributed by atoms with Crippen molar-refractivity contribution in [1.29, 1.82) is 0 Å². The van der Waals surface area contributed by atoms with Crippen molar-refractivity contribution in [2.24, 2.45) is 0 Å². The molecule has 1 amide bonds. The van der Waals surface area contributed by atoms with E-state index in [0.29, 0.717) is 11.4 Å². The van der Waals surface area contributed by atoms with E-state index in [9.17, 15) is 21.6 Å². The van der Waals surface area contributed by atoms with Crippen LogP contribution in [-0.4, -0.2) is 43.5 Å². The van der Waals surface area contributed by atoms with E-state index in [4.69, 9.17) is 9.47 Å². The fourth-order valence-electron chi connectivity index (χ4n) is 4.70. The predicted molar refractivity (Wildman–Crippen MR) is 175 cm³/mol. The van der Waals surface area contributed by atoms with Gasteiger partial charge in [-0.1, -0.05) is 54.1 Å². The standard InChI is InChI=1S/C33H31N3O7S2/c1-23-11-16-28(17-12-23)45(40,41)36(31-21-26(42-2)15-20-32(31)43-3)22-33(37)34-25-13-18-27(19-14-25)44(38,39)35-30-10-6-8-24-7-4-5-9-29(24)30/h4-21,35H,22H2,1-3H3,(H,34,37). The van der Waals surface area contributed by atoms with Crippen LogP contribution in [0.2, 0.25) is 0 Å². The van der Waals surface area contributed by atoms with Gasteiger partial charge in [-0.15, -0.1) is 0 Å². The number of amides is 1. The smallest absolute Gasteiger partial charge is 0.264 e. The second-order valence-corrected chi connectivity index (χ2v) is 13.6. The molecule has 0 heterocycles. The zero-order valence-electron chi connectivity index (χ0n) is 24.7. The highest BCUT2D eigenvalue weighted by atomic mass is 32.2. The molecule has 0 bridgehead atoms. The Morgan fingerprint density at radius 1 is 0.756 bits per heavy atom. The van der Waals surface area contributed by atoms with Gasteiger partial charge in [0.25, 0.3) is 20.0 Å². The van der Waals surface area contributed by atoms with Crippen molar-refractivity contribution in [3.8, 4) is 11.5 Å². The van der Waals surface area contributed by atoms with Gasteiger partial charge in [0, 0.05) is 17.1 Å². The van der Waals surface area contributed by atoms with Crippen LogP contribution in [0.3, 0.4) is 0 Å². The third-order valence-corrected chi connectivity index (χ3v) is 10.2. The van der Waals surface area contributed by atoms with Gasteiger partial charge in [-0.05, 0) is 66.9 Å². The molecule has 0 aliphatic carbocycles. The molecule has 232 valence electrons. The van der Waals surface area contributed by atoms with Gasteiger partial charge in [0.1, 0.15) is 18.0 Å². The molecule has 0 spiro atoms. The number of ether oxygens (including phenoxy) is 2. The number of hydrogen-bond acceptors (Lipinski definition) is 7. The van der Waals surface area contributed by atoms with E-state index in [2.05, 4.69) is 10.0 Å². The molecule has 45 heavy (non-hydrogen) atoms. The van der Waals surface area contributed by atoms with Crippen LogP contribution >= 0.6 is 0 Å². The van der Waals surface area contributed by atoms with E-state index in [-0.39, 0.29) is 26.9 Å². The number of carbonyl (C=O) groups excluding carboxylic acids is 1. The number of nitrogens with zero attached hydrogens (tertiary/aromatic N) is 1. The average molecular weight is 646 g/mol. The minimum Gasteiger partial charge on any atom is -0.497 e. The Hall–Kier alpha value is -5.07. The van der Waals surface area contributed by atoms with Gasteiger partial charge >= 0.3 is 0 Å². The molecular formula is C33H31N3O7S2. The second-order valence-electron chi connectivity index (χ2n) is 10.1. The molecule has 0 unspecified atom stereocenters. The Morgan fingerprint density at radius 3 is 2.11 bits per heavy atom. The number of rotatable bonds is 11. The lowest BCUT2D eigenvalue weighted by molar-refractivity contribution is -0.114. The molecule has 2 N–H and O–H groups in total. The molecule has 0 fully saturated rings. The molecule has 5 rings (SSSR count). The van der Waals surface area contributed by atoms with E-state index in [1.807, 2.05) is 37.3 Å². The molecule has 0 aromatic heterocycles. The number of sulfonamides is 2. The van der Waals surface area contributed by atoms with Gasteiger partial charge in [0.15, 0.2) is 0 Å². The van der Waals surface area contributed by atoms with Gasteiger partial charge in [-0.3, -0.25) is 13.8 Å². The maximum Gasteiger partial charge on any atom is 0.264 e. The van der Waals surface area contributed by atoms with Gasteiger partial charge in [-0.25, -0.2) is 16.8 Å². The van der Waals surface area contributed by atoms with Crippen molar-refractivity contribution < 1.29 is 31.1 Å². The number of fused-ring (bicyclic) bond motifs is 1. The molecule has 0 saturated carbocycles. The lowest BCUT2D eigenvalue weighted by atomic mass is 10.1. The van der Waals surface area contributed by atoms with Crippen LogP contribution in [0.1, 0.15) is 5.56 Å². The number of carbonyl (C=O) groups is 1. The maximum absolute atomic E-state index is 13.9. The van der Waals surface area contributed by atoms with Crippen LogP contribution in [0.4, 0.5) is 17.1 Å². The van der Waals surface area contributed by atoms with Crippen LogP contribution in [0.25, 0.3) is 10.8 Å². The minimum absolute atomic E-state index is 0.0148. The SMILES string of the molecule is COc1ccc(OC)c(N(CC(=O)Nc2ccc(S(=O)(=O)Nc3cccc4ccccc34)cc2)S(=O)(=O)c2ccc(C)cc2)c1. The molecule has 12 heteroatoms. The Bertz CT molecular complexity index is 2060. The third kappa shape index (κ3) is 6.87. The first-order chi connectivity index (χ1) is 21.5. The van der Waals surface area contributed by atoms with Crippen LogP contribution in [-0.2, 0) is 24.8 Å². The zero-order valence-corrected chi connectivity index (χ0v) is 26.4. The highest BCUT2D eigenvalue weighted by Crippen LogP contribution is 2.36. The Labute approximate surface area is 262 Å². The van der Waals surface area contributed by atoms with E-state index in [1.54, 1.807) is 36.4 Å². The summed E-state index contributed by atoms with van der Waals surface area (Å²) in [6.45, 7) is 1.23. The van der Waals surface area contributed by atoms with Crippen molar-refractivity contribution in [2.75, 3.05) is 35.1 Å². The lowest BCUT2D eigenvalue weighted by Gasteiger charge is -2.26. The Balaban J connectivity index is 1.39. The summed E-state index contributed by atoms with van der Waals surface area (Å²) in [5.41, 5.74) is 1.69. The second kappa shape index (κ2) is 12.9. The first-order valence-corrected chi connectivity index (χ1v) is 16.7. The summed E-state index contributed by atoms with van der Waals surface area (Å²) in [5.74, 6) is -0.0863. The van der Waals surface area contributed by atoms with Crippen LogP contribution < -0.4 is 23.8 Å². The molecule has 0 radical (unpaired) electrons. The minimum atomic E-state index is -4.24. The molecule has 0 saturated heterocycles. The zero-order chi connectivity index (χ0) is 32.2. The summed E-state index contributed by atoms with van der Waals surface area (Å²) in [6, 6.07) is 29.2. The van der Waals surface area contributed by atoms with Gasteiger partial charge < -0.3 is 14.8 Å². The summed E-state index contributed by atoms with van der Waals surface area (Å²) >= 11 is 0. The lowest BCUT2D eigenvalue weighted by Crippen LogP contribution is -2.38. The van der Waals surface area contributed by atoms with E-state index in [0.717, 1.165) is 20.6 Å². The van der Waals surface area contributed by atoms with Crippen LogP contribution in [0.15, 0.2) is 119 Å². The first-order valence-electron chi connectivity index (χ1n) is 13.7. The predicted octanol–water partition coefficient (Wildman–Crippen LogP) is 5.80. The largest absolute Gasteiger partial charge is 0.497 e. The van der Waals surface area contributed by atoms with Crippen LogP contribution in [0.5, 0.6) is 11.5 Å². The van der Waals surface area contributed by atoms with E-state index in [1.165, 1.54) is 56.7 Å². The van der Waals surface area contributed by atoms with Crippen molar-refractivity contribution in [3.63, 3.8) is 0 Å². The van der Waals surface area contributed by atoms with Crippen molar-refractivity contribution in [3.05, 3.63) is 115 Å². The summed E-state index contributed by atoms with van der Waals surface area (Å²) in [5, 5.41) is 4.31. The average Bonchev–Trinajstić information content (AvgIpc) is 3.04. The fraction of sp³-hybridized carbons (Fsp3) is 0.121. The van der Waals surface area contributed by atoms with E-state index < -0.39 is 32.5 Å². The molecule has 0 aliphatic rings. The summed E-state index contributed by atoms with van der Waals surface area (Å²) in [4.78, 5) is 13.3. The highest BCUT2D eigenvalue weighted by molar-refractivity contribution is 7.93. The molecule has 0 atom stereocenters. The van der Waals surface area contributed by atoms with Crippen molar-refractivity contribution in [2.45, 2.75) is 16.7 Å². The monoisotopic (exact) mass is 645 g/mol. The third-order valence-electron chi connectivity index (χ3n) is 7.03. The van der Waals surface area contributed by atoms with E-state index >= 15 is 0 Å². The van der Waals surface area contributed by atoms with Crippen molar-refractivity contribution in [1.82, 2.24) is 0 Å². The Kier molecular flexibility index (Phi) is 8.98. The number of benzene rings is 5. The topological polar surface area (TPSA) is 131 Å². The number of nitrogens with one attached hydrogen (secondary N) is 2. The molecule has 5 aromatic carbocycles. The molecular weight excluding hydrogens is 615 g/mol. The van der Waals surface area contributed by atoms with Gasteiger partial charge in [0.05, 0.1) is 35.4 Å². The van der Waals surface area contributed by atoms with Gasteiger partial charge in [0.2, 0.25) is 5.91 Å². The number of methoxy groups -OCH3 is 2. The normalized spacial score (nSPS) is 11.5.